The van der Waals surface area contributed by atoms with E-state index < -0.39 is 0 Å². The van der Waals surface area contributed by atoms with Crippen molar-refractivity contribution in [3.8, 4) is 56.3 Å². The monoisotopic (exact) mass is 612 g/mol. The van der Waals surface area contributed by atoms with Crippen molar-refractivity contribution in [2.45, 2.75) is 0 Å². The molecule has 3 aromatic heterocycles. The molecule has 4 heteroatoms. The van der Waals surface area contributed by atoms with Crippen molar-refractivity contribution in [1.29, 1.82) is 0 Å². The summed E-state index contributed by atoms with van der Waals surface area (Å²) >= 11 is 0. The van der Waals surface area contributed by atoms with Gasteiger partial charge in [0.25, 0.3) is 0 Å². The molecule has 9 aromatic rings. The lowest BCUT2D eigenvalue weighted by Gasteiger charge is -2.14. The Morgan fingerprint density at radius 2 is 0.875 bits per heavy atom. The van der Waals surface area contributed by atoms with Gasteiger partial charge in [-0.15, -0.1) is 0 Å². The van der Waals surface area contributed by atoms with Crippen molar-refractivity contribution < 1.29 is 0 Å². The molecule has 224 valence electrons. The van der Waals surface area contributed by atoms with Gasteiger partial charge in [-0.3, -0.25) is 0 Å². The number of fused-ring (bicyclic) bond motifs is 4. The highest BCUT2D eigenvalue weighted by Crippen LogP contribution is 2.37. The number of aromatic nitrogens is 4. The maximum atomic E-state index is 5.30. The third-order valence-electron chi connectivity index (χ3n) is 8.86. The Bertz CT molecular complexity index is 2600. The molecule has 0 saturated carbocycles. The maximum Gasteiger partial charge on any atom is 0.160 e. The van der Waals surface area contributed by atoms with E-state index in [-0.39, 0.29) is 0 Å². The predicted octanol–water partition coefficient (Wildman–Crippen LogP) is 11.1. The number of hydrogen-bond donors (Lipinski definition) is 0. The zero-order chi connectivity index (χ0) is 31.9. The molecule has 0 unspecified atom stereocenters. The van der Waals surface area contributed by atoms with Crippen LogP contribution in [0.5, 0.6) is 0 Å². The molecule has 0 aliphatic heterocycles. The van der Waals surface area contributed by atoms with Crippen molar-refractivity contribution in [1.82, 2.24) is 19.9 Å². The molecule has 0 saturated heterocycles. The first kappa shape index (κ1) is 27.8. The fourth-order valence-corrected chi connectivity index (χ4v) is 6.49. The average molecular weight is 613 g/mol. The fraction of sp³-hybridized carbons (Fsp3) is 0. The van der Waals surface area contributed by atoms with Gasteiger partial charge in [0, 0.05) is 38.4 Å². The smallest absolute Gasteiger partial charge is 0.160 e. The molecule has 6 aromatic carbocycles. The van der Waals surface area contributed by atoms with Gasteiger partial charge in [-0.25, -0.2) is 19.9 Å². The summed E-state index contributed by atoms with van der Waals surface area (Å²) in [4.78, 5) is 20.9. The zero-order valence-electron chi connectivity index (χ0n) is 26.0. The van der Waals surface area contributed by atoms with E-state index in [4.69, 9.17) is 19.9 Å². The van der Waals surface area contributed by atoms with Crippen LogP contribution in [-0.4, -0.2) is 19.9 Å². The summed E-state index contributed by atoms with van der Waals surface area (Å²) in [6.45, 7) is 0. The lowest BCUT2D eigenvalue weighted by Crippen LogP contribution is -1.98. The minimum Gasteiger partial charge on any atom is -0.245 e. The Morgan fingerprint density at radius 3 is 1.58 bits per heavy atom. The highest BCUT2D eigenvalue weighted by Gasteiger charge is 2.18. The molecule has 9 rings (SSSR count). The normalized spacial score (nSPS) is 11.3. The van der Waals surface area contributed by atoms with E-state index in [1.165, 1.54) is 0 Å². The van der Waals surface area contributed by atoms with Gasteiger partial charge in [-0.1, -0.05) is 146 Å². The second kappa shape index (κ2) is 11.7. The highest BCUT2D eigenvalue weighted by molar-refractivity contribution is 6.07. The minimum absolute atomic E-state index is 0.686. The van der Waals surface area contributed by atoms with Crippen LogP contribution in [0.15, 0.2) is 170 Å². The summed E-state index contributed by atoms with van der Waals surface area (Å²) in [5.74, 6) is 0.686. The Hall–Kier alpha value is -6.52. The van der Waals surface area contributed by atoms with E-state index in [0.717, 1.165) is 83.2 Å². The van der Waals surface area contributed by atoms with Crippen LogP contribution in [0.3, 0.4) is 0 Å². The van der Waals surface area contributed by atoms with Crippen LogP contribution in [0.2, 0.25) is 0 Å². The number of hydrogen-bond acceptors (Lipinski definition) is 4. The van der Waals surface area contributed by atoms with Gasteiger partial charge in [0.05, 0.1) is 33.6 Å². The molecular formula is C44H28N4. The molecular weight excluding hydrogens is 585 g/mol. The lowest BCUT2D eigenvalue weighted by molar-refractivity contribution is 1.23. The van der Waals surface area contributed by atoms with Crippen LogP contribution in [0.1, 0.15) is 0 Å². The van der Waals surface area contributed by atoms with Crippen LogP contribution in [0.4, 0.5) is 0 Å². The third kappa shape index (κ3) is 4.97. The van der Waals surface area contributed by atoms with Crippen LogP contribution < -0.4 is 0 Å². The Morgan fingerprint density at radius 1 is 0.333 bits per heavy atom. The molecule has 4 nitrogen and oxygen atoms in total. The molecule has 0 radical (unpaired) electrons. The molecule has 0 amide bonds. The van der Waals surface area contributed by atoms with E-state index in [1.54, 1.807) is 0 Å². The molecule has 3 heterocycles. The van der Waals surface area contributed by atoms with Crippen molar-refractivity contribution >= 4 is 32.7 Å². The summed E-state index contributed by atoms with van der Waals surface area (Å²) in [7, 11) is 0. The second-order valence-corrected chi connectivity index (χ2v) is 11.9. The zero-order valence-corrected chi connectivity index (χ0v) is 26.0. The van der Waals surface area contributed by atoms with Crippen molar-refractivity contribution in [3.63, 3.8) is 0 Å². The second-order valence-electron chi connectivity index (χ2n) is 11.9. The molecule has 48 heavy (non-hydrogen) atoms. The molecule has 0 fully saturated rings. The molecule has 0 bridgehead atoms. The average Bonchev–Trinajstić information content (AvgIpc) is 3.18. The molecule has 0 aliphatic carbocycles. The molecule has 0 atom stereocenters. The Labute approximate surface area is 278 Å². The number of nitrogens with zero attached hydrogens (tertiary/aromatic N) is 4. The molecule has 0 aliphatic rings. The van der Waals surface area contributed by atoms with Crippen molar-refractivity contribution in [2.75, 3.05) is 0 Å². The summed E-state index contributed by atoms with van der Waals surface area (Å²) in [6.07, 6.45) is 0. The minimum atomic E-state index is 0.686. The largest absolute Gasteiger partial charge is 0.245 e. The fourth-order valence-electron chi connectivity index (χ4n) is 6.49. The maximum absolute atomic E-state index is 5.30. The SMILES string of the molecule is c1ccc(-c2cccc(-c3nc(-c4ccccc4)c4c(-c5ccc6ccc7ccc(-c8ccccc8)nc7c6n5)cccc4n3)c2)cc1. The first-order valence-electron chi connectivity index (χ1n) is 16.1. The van der Waals surface area contributed by atoms with E-state index in [0.29, 0.717) is 5.82 Å². The van der Waals surface area contributed by atoms with Gasteiger partial charge in [-0.05, 0) is 35.4 Å². The highest BCUT2D eigenvalue weighted by atomic mass is 14.9. The van der Waals surface area contributed by atoms with E-state index >= 15 is 0 Å². The first-order chi connectivity index (χ1) is 23.8. The third-order valence-corrected chi connectivity index (χ3v) is 8.86. The molecule has 0 N–H and O–H groups in total. The van der Waals surface area contributed by atoms with Gasteiger partial charge in [0.2, 0.25) is 0 Å². The standard InChI is InChI=1S/C44H28N4/c1-4-12-29(13-5-1)34-18-10-19-35(28-34)44-47-39-21-11-20-36(40(39)41(48-44)31-16-8-3-9-17-31)38-27-25-33-23-22-32-24-26-37(30-14-6-2-7-15-30)45-42(32)43(33)46-38/h1-28H. The summed E-state index contributed by atoms with van der Waals surface area (Å²) < 4.78 is 0. The summed E-state index contributed by atoms with van der Waals surface area (Å²) in [5.41, 5.74) is 11.6. The van der Waals surface area contributed by atoms with E-state index in [1.807, 2.05) is 30.3 Å². The van der Waals surface area contributed by atoms with Crippen LogP contribution >= 0.6 is 0 Å². The quantitative estimate of drug-likeness (QED) is 0.181. The van der Waals surface area contributed by atoms with E-state index in [2.05, 4.69) is 140 Å². The Kier molecular flexibility index (Phi) is 6.76. The first-order valence-corrected chi connectivity index (χ1v) is 16.1. The van der Waals surface area contributed by atoms with Gasteiger partial charge in [-0.2, -0.15) is 0 Å². The van der Waals surface area contributed by atoms with Crippen LogP contribution in [0.25, 0.3) is 89.0 Å². The van der Waals surface area contributed by atoms with Crippen molar-refractivity contribution in [2.24, 2.45) is 0 Å². The number of pyridine rings is 2. The van der Waals surface area contributed by atoms with E-state index in [9.17, 15) is 0 Å². The van der Waals surface area contributed by atoms with Crippen LogP contribution in [0, 0.1) is 0 Å². The summed E-state index contributed by atoms with van der Waals surface area (Å²) in [6, 6.07) is 58.4. The summed E-state index contributed by atoms with van der Waals surface area (Å²) in [5, 5.41) is 3.07. The Balaban J connectivity index is 1.25. The van der Waals surface area contributed by atoms with Gasteiger partial charge >= 0.3 is 0 Å². The predicted molar refractivity (Wildman–Crippen MR) is 197 cm³/mol. The van der Waals surface area contributed by atoms with Gasteiger partial charge < -0.3 is 0 Å². The lowest BCUT2D eigenvalue weighted by atomic mass is 9.98. The van der Waals surface area contributed by atoms with Crippen LogP contribution in [-0.2, 0) is 0 Å². The van der Waals surface area contributed by atoms with Crippen molar-refractivity contribution in [3.05, 3.63) is 170 Å². The number of rotatable bonds is 5. The van der Waals surface area contributed by atoms with Gasteiger partial charge in [0.15, 0.2) is 5.82 Å². The number of benzene rings is 6. The van der Waals surface area contributed by atoms with Gasteiger partial charge in [0.1, 0.15) is 0 Å². The topological polar surface area (TPSA) is 51.6 Å². The molecule has 0 spiro atoms.